The zero-order chi connectivity index (χ0) is 15.1. The summed E-state index contributed by atoms with van der Waals surface area (Å²) in [6.45, 7) is 2.32. The van der Waals surface area contributed by atoms with Crippen molar-refractivity contribution in [1.29, 1.82) is 0 Å². The number of hydrogen-bond donors (Lipinski definition) is 2. The lowest BCUT2D eigenvalue weighted by Crippen LogP contribution is -2.34. The Hall–Kier alpha value is -2.15. The number of phenolic OH excluding ortho intramolecular Hbond substituents is 1. The zero-order valence-electron chi connectivity index (χ0n) is 11.3. The van der Waals surface area contributed by atoms with Crippen molar-refractivity contribution in [2.24, 2.45) is 0 Å². The standard InChI is InChI=1S/C13H18N2O5/c1-2-3-7-14(8-9-16)13(18)10-5-4-6-11(12(10)17)15(19)20/h4-6,16-17H,2-3,7-9H2,1H3. The number of carbonyl (C=O) groups excluding carboxylic acids is 1. The lowest BCUT2D eigenvalue weighted by atomic mass is 10.1. The van der Waals surface area contributed by atoms with Gasteiger partial charge in [-0.15, -0.1) is 0 Å². The fourth-order valence-corrected chi connectivity index (χ4v) is 1.81. The SMILES string of the molecule is CCCCN(CCO)C(=O)c1cccc([N+](=O)[O-])c1O. The van der Waals surface area contributed by atoms with Crippen LogP contribution in [0.25, 0.3) is 0 Å². The number of rotatable bonds is 7. The molecule has 2 N–H and O–H groups in total. The van der Waals surface area contributed by atoms with Gasteiger partial charge >= 0.3 is 5.69 Å². The van der Waals surface area contributed by atoms with Gasteiger partial charge in [-0.25, -0.2) is 0 Å². The average molecular weight is 282 g/mol. The summed E-state index contributed by atoms with van der Waals surface area (Å²) < 4.78 is 0. The molecule has 1 amide bonds. The fourth-order valence-electron chi connectivity index (χ4n) is 1.81. The van der Waals surface area contributed by atoms with Crippen LogP contribution in [0.4, 0.5) is 5.69 Å². The molecule has 1 rings (SSSR count). The van der Waals surface area contributed by atoms with Crippen molar-refractivity contribution in [3.63, 3.8) is 0 Å². The molecule has 1 aromatic rings. The minimum absolute atomic E-state index is 0.122. The van der Waals surface area contributed by atoms with Gasteiger partial charge in [-0.2, -0.15) is 0 Å². The van der Waals surface area contributed by atoms with Gasteiger partial charge in [0, 0.05) is 19.2 Å². The van der Waals surface area contributed by atoms with E-state index in [1.165, 1.54) is 17.0 Å². The Balaban J connectivity index is 3.05. The summed E-state index contributed by atoms with van der Waals surface area (Å²) in [5.74, 6) is -1.16. The number of para-hydroxylation sites is 1. The molecule has 0 aromatic heterocycles. The summed E-state index contributed by atoms with van der Waals surface area (Å²) >= 11 is 0. The van der Waals surface area contributed by atoms with Crippen LogP contribution in [0.15, 0.2) is 18.2 Å². The van der Waals surface area contributed by atoms with Crippen molar-refractivity contribution < 1.29 is 19.9 Å². The van der Waals surface area contributed by atoms with Gasteiger partial charge in [-0.05, 0) is 12.5 Å². The second-order valence-electron chi connectivity index (χ2n) is 4.30. The lowest BCUT2D eigenvalue weighted by Gasteiger charge is -2.21. The maximum Gasteiger partial charge on any atom is 0.311 e. The Morgan fingerprint density at radius 3 is 2.65 bits per heavy atom. The Morgan fingerprint density at radius 1 is 1.40 bits per heavy atom. The van der Waals surface area contributed by atoms with Crippen LogP contribution in [-0.2, 0) is 0 Å². The van der Waals surface area contributed by atoms with Crippen molar-refractivity contribution >= 4 is 11.6 Å². The summed E-state index contributed by atoms with van der Waals surface area (Å²) in [7, 11) is 0. The molecule has 0 saturated carbocycles. The Labute approximate surface area is 116 Å². The van der Waals surface area contributed by atoms with E-state index in [9.17, 15) is 20.0 Å². The summed E-state index contributed by atoms with van der Waals surface area (Å²) in [4.78, 5) is 23.6. The number of carbonyl (C=O) groups is 1. The molecule has 7 nitrogen and oxygen atoms in total. The molecule has 0 saturated heterocycles. The van der Waals surface area contributed by atoms with Gasteiger partial charge in [0.1, 0.15) is 0 Å². The molecule has 0 unspecified atom stereocenters. The van der Waals surface area contributed by atoms with Crippen molar-refractivity contribution in [2.45, 2.75) is 19.8 Å². The predicted octanol–water partition coefficient (Wildman–Crippen LogP) is 1.54. The van der Waals surface area contributed by atoms with E-state index >= 15 is 0 Å². The maximum atomic E-state index is 12.3. The van der Waals surface area contributed by atoms with E-state index in [1.54, 1.807) is 0 Å². The van der Waals surface area contributed by atoms with Gasteiger partial charge in [-0.1, -0.05) is 19.4 Å². The highest BCUT2D eigenvalue weighted by molar-refractivity contribution is 5.98. The van der Waals surface area contributed by atoms with E-state index in [-0.39, 0.29) is 18.7 Å². The molecule has 20 heavy (non-hydrogen) atoms. The molecule has 1 aromatic carbocycles. The number of benzene rings is 1. The molecule has 0 radical (unpaired) electrons. The van der Waals surface area contributed by atoms with E-state index < -0.39 is 22.3 Å². The van der Waals surface area contributed by atoms with Crippen LogP contribution in [0.3, 0.4) is 0 Å². The molecule has 0 heterocycles. The van der Waals surface area contributed by atoms with E-state index in [4.69, 9.17) is 5.11 Å². The van der Waals surface area contributed by atoms with Gasteiger partial charge < -0.3 is 15.1 Å². The molecular weight excluding hydrogens is 264 g/mol. The number of aliphatic hydroxyl groups is 1. The first-order valence-electron chi connectivity index (χ1n) is 6.39. The van der Waals surface area contributed by atoms with Crippen molar-refractivity contribution in [2.75, 3.05) is 19.7 Å². The summed E-state index contributed by atoms with van der Waals surface area (Å²) in [5.41, 5.74) is -0.626. The molecule has 0 spiro atoms. The molecule has 0 aliphatic heterocycles. The smallest absolute Gasteiger partial charge is 0.311 e. The highest BCUT2D eigenvalue weighted by Gasteiger charge is 2.24. The van der Waals surface area contributed by atoms with Gasteiger partial charge in [0.2, 0.25) is 5.75 Å². The summed E-state index contributed by atoms with van der Waals surface area (Å²) in [5, 5.41) is 29.5. The number of phenols is 1. The fraction of sp³-hybridized carbons (Fsp3) is 0.462. The Bertz CT molecular complexity index is 490. The number of aliphatic hydroxyl groups excluding tert-OH is 1. The Morgan fingerprint density at radius 2 is 2.10 bits per heavy atom. The molecule has 0 atom stereocenters. The molecule has 7 heteroatoms. The van der Waals surface area contributed by atoms with Crippen LogP contribution in [0.5, 0.6) is 5.75 Å². The van der Waals surface area contributed by atoms with E-state index in [0.29, 0.717) is 6.54 Å². The topological polar surface area (TPSA) is 104 Å². The quantitative estimate of drug-likeness (QED) is 0.583. The second-order valence-corrected chi connectivity index (χ2v) is 4.30. The molecule has 110 valence electrons. The number of nitrogens with zero attached hydrogens (tertiary/aromatic N) is 2. The first-order valence-corrected chi connectivity index (χ1v) is 6.39. The van der Waals surface area contributed by atoms with Gasteiger partial charge in [-0.3, -0.25) is 14.9 Å². The van der Waals surface area contributed by atoms with Crippen LogP contribution in [-0.4, -0.2) is 45.6 Å². The van der Waals surface area contributed by atoms with Crippen molar-refractivity contribution in [3.8, 4) is 5.75 Å². The molecular formula is C13H18N2O5. The molecule has 0 bridgehead atoms. The summed E-state index contributed by atoms with van der Waals surface area (Å²) in [6.07, 6.45) is 1.62. The number of nitro benzene ring substituents is 1. The monoisotopic (exact) mass is 282 g/mol. The third-order valence-corrected chi connectivity index (χ3v) is 2.88. The lowest BCUT2D eigenvalue weighted by molar-refractivity contribution is -0.385. The van der Waals surface area contributed by atoms with Crippen LogP contribution in [0.2, 0.25) is 0 Å². The van der Waals surface area contributed by atoms with E-state index in [1.807, 2.05) is 6.92 Å². The van der Waals surface area contributed by atoms with Gasteiger partial charge in [0.25, 0.3) is 5.91 Å². The van der Waals surface area contributed by atoms with E-state index in [2.05, 4.69) is 0 Å². The third-order valence-electron chi connectivity index (χ3n) is 2.88. The van der Waals surface area contributed by atoms with Gasteiger partial charge in [0.15, 0.2) is 0 Å². The van der Waals surface area contributed by atoms with Crippen molar-refractivity contribution in [1.82, 2.24) is 4.90 Å². The number of amides is 1. The Kier molecular flexibility index (Phi) is 5.92. The van der Waals surface area contributed by atoms with Crippen LogP contribution in [0, 0.1) is 10.1 Å². The maximum absolute atomic E-state index is 12.3. The van der Waals surface area contributed by atoms with Gasteiger partial charge in [0.05, 0.1) is 17.1 Å². The van der Waals surface area contributed by atoms with Crippen molar-refractivity contribution in [3.05, 3.63) is 33.9 Å². The van der Waals surface area contributed by atoms with Crippen LogP contribution in [0.1, 0.15) is 30.1 Å². The molecule has 0 aliphatic carbocycles. The largest absolute Gasteiger partial charge is 0.502 e. The van der Waals surface area contributed by atoms with Crippen LogP contribution >= 0.6 is 0 Å². The second kappa shape index (κ2) is 7.44. The summed E-state index contributed by atoms with van der Waals surface area (Å²) in [6, 6.07) is 3.82. The third kappa shape index (κ3) is 3.67. The highest BCUT2D eigenvalue weighted by Crippen LogP contribution is 2.30. The normalized spacial score (nSPS) is 10.3. The van der Waals surface area contributed by atoms with Crippen LogP contribution < -0.4 is 0 Å². The number of aromatic hydroxyl groups is 1. The highest BCUT2D eigenvalue weighted by atomic mass is 16.6. The zero-order valence-corrected chi connectivity index (χ0v) is 11.3. The molecule has 0 aliphatic rings. The minimum atomic E-state index is -0.742. The molecule has 0 fully saturated rings. The number of hydrogen-bond acceptors (Lipinski definition) is 5. The predicted molar refractivity (Wildman–Crippen MR) is 72.7 cm³/mol. The number of unbranched alkanes of at least 4 members (excludes halogenated alkanes) is 1. The minimum Gasteiger partial charge on any atom is -0.502 e. The van der Waals surface area contributed by atoms with E-state index in [0.717, 1.165) is 18.9 Å². The number of nitro groups is 1. The first-order chi connectivity index (χ1) is 9.52. The average Bonchev–Trinajstić information content (AvgIpc) is 2.42. The first kappa shape index (κ1) is 15.9.